The topological polar surface area (TPSA) is 97.1 Å². The molecule has 8 nitrogen and oxygen atoms in total. The molecule has 176 valence electrons. The predicted octanol–water partition coefficient (Wildman–Crippen LogP) is 5.28. The molecule has 1 aliphatic carbocycles. The molecule has 3 atom stereocenters. The Morgan fingerprint density at radius 3 is 2.68 bits per heavy atom. The third-order valence-corrected chi connectivity index (χ3v) is 7.08. The number of methoxy groups -OCH3 is 1. The number of H-pyrrole nitrogens is 1. The molecule has 0 bridgehead atoms. The van der Waals surface area contributed by atoms with E-state index in [1.165, 1.54) is 0 Å². The van der Waals surface area contributed by atoms with Crippen LogP contribution >= 0.6 is 0 Å². The van der Waals surface area contributed by atoms with E-state index in [0.29, 0.717) is 11.6 Å². The molecule has 0 spiro atoms. The summed E-state index contributed by atoms with van der Waals surface area (Å²) in [6.07, 6.45) is 11.6. The molecule has 0 fully saturated rings. The van der Waals surface area contributed by atoms with E-state index in [1.807, 2.05) is 29.2 Å². The van der Waals surface area contributed by atoms with Crippen LogP contribution in [0.2, 0.25) is 0 Å². The van der Waals surface area contributed by atoms with E-state index in [4.69, 9.17) is 9.26 Å². The number of aromatic nitrogens is 4. The normalized spacial score (nSPS) is 21.8. The molecule has 0 aromatic carbocycles. The SMILES string of the molecule is CCC(CC)C1c2c(-c3ccc(OC)nc3)n[nH]c2C(=O)N1C1=CC(C)C(c2ccon2)C=C1. The average Bonchev–Trinajstić information content (AvgIpc) is 3.59. The van der Waals surface area contributed by atoms with Crippen molar-refractivity contribution in [2.24, 2.45) is 11.8 Å². The fourth-order valence-electron chi connectivity index (χ4n) is 5.23. The number of nitrogens with zero attached hydrogens (tertiary/aromatic N) is 4. The van der Waals surface area contributed by atoms with Gasteiger partial charge in [-0.3, -0.25) is 14.8 Å². The van der Waals surface area contributed by atoms with Crippen LogP contribution in [-0.2, 0) is 0 Å². The van der Waals surface area contributed by atoms with Crippen molar-refractivity contribution in [3.05, 3.63) is 71.5 Å². The van der Waals surface area contributed by atoms with Crippen molar-refractivity contribution in [3.63, 3.8) is 0 Å². The fourth-order valence-corrected chi connectivity index (χ4v) is 5.23. The molecule has 1 aliphatic heterocycles. The average molecular weight is 460 g/mol. The first-order valence-corrected chi connectivity index (χ1v) is 11.8. The Morgan fingerprint density at radius 2 is 2.06 bits per heavy atom. The first kappa shape index (κ1) is 22.1. The van der Waals surface area contributed by atoms with Crippen LogP contribution in [0.25, 0.3) is 11.3 Å². The first-order valence-electron chi connectivity index (χ1n) is 11.8. The summed E-state index contributed by atoms with van der Waals surface area (Å²) in [5.41, 5.74) is 4.95. The summed E-state index contributed by atoms with van der Waals surface area (Å²) in [5.74, 6) is 1.06. The minimum absolute atomic E-state index is 0.0462. The number of nitrogens with one attached hydrogen (secondary N) is 1. The monoisotopic (exact) mass is 459 g/mol. The number of carbonyl (C=O) groups is 1. The van der Waals surface area contributed by atoms with Crippen LogP contribution in [-0.4, -0.2) is 38.3 Å². The zero-order valence-corrected chi connectivity index (χ0v) is 19.9. The highest BCUT2D eigenvalue weighted by Gasteiger charge is 2.45. The van der Waals surface area contributed by atoms with Gasteiger partial charge in [0.05, 0.1) is 24.5 Å². The quantitative estimate of drug-likeness (QED) is 0.517. The summed E-state index contributed by atoms with van der Waals surface area (Å²) in [5, 5.41) is 11.7. The lowest BCUT2D eigenvalue weighted by molar-refractivity contribution is 0.0737. The lowest BCUT2D eigenvalue weighted by Gasteiger charge is -2.34. The standard InChI is InChI=1S/C26H29N5O3/c1-5-16(6-2)25-22-23(17-7-10-21(33-4)27-14-17)28-29-24(22)26(32)31(25)18-8-9-19(15(3)13-18)20-11-12-34-30-20/h7-16,19,25H,5-6H2,1-4H3,(H,28,29). The second-order valence-corrected chi connectivity index (χ2v) is 8.91. The van der Waals surface area contributed by atoms with E-state index in [0.717, 1.165) is 41.1 Å². The molecule has 5 rings (SSSR count). The Hall–Kier alpha value is -3.68. The van der Waals surface area contributed by atoms with Crippen molar-refractivity contribution < 1.29 is 14.1 Å². The highest BCUT2D eigenvalue weighted by Crippen LogP contribution is 2.48. The van der Waals surface area contributed by atoms with Crippen molar-refractivity contribution in [3.8, 4) is 17.1 Å². The van der Waals surface area contributed by atoms with Gasteiger partial charge in [-0.25, -0.2) is 4.98 Å². The van der Waals surface area contributed by atoms with Crippen molar-refractivity contribution >= 4 is 5.91 Å². The van der Waals surface area contributed by atoms with E-state index >= 15 is 0 Å². The van der Waals surface area contributed by atoms with E-state index in [9.17, 15) is 4.79 Å². The number of aromatic amines is 1. The Kier molecular flexibility index (Phi) is 5.81. The van der Waals surface area contributed by atoms with Gasteiger partial charge in [-0.2, -0.15) is 5.10 Å². The summed E-state index contributed by atoms with van der Waals surface area (Å²) in [6.45, 7) is 6.50. The summed E-state index contributed by atoms with van der Waals surface area (Å²) in [4.78, 5) is 20.0. The molecule has 2 aliphatic rings. The molecule has 1 N–H and O–H groups in total. The summed E-state index contributed by atoms with van der Waals surface area (Å²) >= 11 is 0. The van der Waals surface area contributed by atoms with Crippen molar-refractivity contribution in [1.82, 2.24) is 25.2 Å². The smallest absolute Gasteiger partial charge is 0.277 e. The van der Waals surface area contributed by atoms with Crippen molar-refractivity contribution in [2.45, 2.75) is 45.6 Å². The minimum atomic E-state index is -0.111. The van der Waals surface area contributed by atoms with Gasteiger partial charge in [0.15, 0.2) is 0 Å². The number of ether oxygens (including phenoxy) is 1. The Balaban J connectivity index is 1.55. The van der Waals surface area contributed by atoms with Gasteiger partial charge in [-0.05, 0) is 24.0 Å². The summed E-state index contributed by atoms with van der Waals surface area (Å²) in [7, 11) is 1.59. The predicted molar refractivity (Wildman–Crippen MR) is 127 cm³/mol. The zero-order valence-electron chi connectivity index (χ0n) is 19.9. The highest BCUT2D eigenvalue weighted by atomic mass is 16.5. The Bertz CT molecular complexity index is 1220. The van der Waals surface area contributed by atoms with Crippen LogP contribution in [0.4, 0.5) is 0 Å². The van der Waals surface area contributed by atoms with E-state index in [-0.39, 0.29) is 29.7 Å². The van der Waals surface area contributed by atoms with E-state index < -0.39 is 0 Å². The summed E-state index contributed by atoms with van der Waals surface area (Å²) < 4.78 is 10.3. The number of allylic oxidation sites excluding steroid dienone is 3. The molecule has 0 radical (unpaired) electrons. The van der Waals surface area contributed by atoms with E-state index in [1.54, 1.807) is 19.6 Å². The van der Waals surface area contributed by atoms with Gasteiger partial charge < -0.3 is 9.26 Å². The number of rotatable bonds is 7. The molecule has 3 aromatic heterocycles. The first-order chi connectivity index (χ1) is 16.6. The maximum Gasteiger partial charge on any atom is 0.277 e. The molecule has 0 saturated heterocycles. The number of pyridine rings is 1. The lowest BCUT2D eigenvalue weighted by Crippen LogP contribution is -2.33. The van der Waals surface area contributed by atoms with Gasteiger partial charge in [0.2, 0.25) is 5.88 Å². The molecular formula is C26H29N5O3. The molecule has 4 heterocycles. The maximum atomic E-state index is 13.7. The minimum Gasteiger partial charge on any atom is -0.481 e. The van der Waals surface area contributed by atoms with Gasteiger partial charge in [0.1, 0.15) is 12.0 Å². The van der Waals surface area contributed by atoms with Crippen LogP contribution in [0, 0.1) is 11.8 Å². The maximum absolute atomic E-state index is 13.7. The molecule has 8 heteroatoms. The lowest BCUT2D eigenvalue weighted by atomic mass is 9.84. The molecule has 3 aromatic rings. The molecule has 0 saturated carbocycles. The largest absolute Gasteiger partial charge is 0.481 e. The van der Waals surface area contributed by atoms with Gasteiger partial charge in [-0.1, -0.05) is 50.9 Å². The molecule has 1 amide bonds. The van der Waals surface area contributed by atoms with Gasteiger partial charge >= 0.3 is 0 Å². The second kappa shape index (κ2) is 8.93. The van der Waals surface area contributed by atoms with Crippen molar-refractivity contribution in [1.29, 1.82) is 0 Å². The Morgan fingerprint density at radius 1 is 1.24 bits per heavy atom. The van der Waals surface area contributed by atoms with Gasteiger partial charge in [0.25, 0.3) is 5.91 Å². The number of fused-ring (bicyclic) bond motifs is 1. The number of hydrogen-bond donors (Lipinski definition) is 1. The number of amides is 1. The molecule has 34 heavy (non-hydrogen) atoms. The summed E-state index contributed by atoms with van der Waals surface area (Å²) in [6, 6.07) is 5.53. The number of hydrogen-bond acceptors (Lipinski definition) is 6. The van der Waals surface area contributed by atoms with Crippen molar-refractivity contribution in [2.75, 3.05) is 7.11 Å². The van der Waals surface area contributed by atoms with Crippen LogP contribution in [0.3, 0.4) is 0 Å². The molecular weight excluding hydrogens is 430 g/mol. The highest BCUT2D eigenvalue weighted by molar-refractivity contribution is 6.01. The van der Waals surface area contributed by atoms with Gasteiger partial charge in [0, 0.05) is 41.1 Å². The van der Waals surface area contributed by atoms with Crippen LogP contribution in [0.15, 0.2) is 59.1 Å². The van der Waals surface area contributed by atoms with Gasteiger partial charge in [-0.15, -0.1) is 0 Å². The third-order valence-electron chi connectivity index (χ3n) is 7.08. The number of carbonyl (C=O) groups excluding carboxylic acids is 1. The Labute approximate surface area is 198 Å². The third kappa shape index (κ3) is 3.54. The van der Waals surface area contributed by atoms with E-state index in [2.05, 4.69) is 53.3 Å². The second-order valence-electron chi connectivity index (χ2n) is 8.91. The van der Waals surface area contributed by atoms with Crippen LogP contribution in [0.5, 0.6) is 5.88 Å². The fraction of sp³-hybridized carbons (Fsp3) is 0.385. The zero-order chi connectivity index (χ0) is 23.8. The van der Waals surface area contributed by atoms with Crippen LogP contribution in [0.1, 0.15) is 67.3 Å². The molecule has 3 unspecified atom stereocenters. The van der Waals surface area contributed by atoms with Crippen LogP contribution < -0.4 is 4.74 Å².